The second-order valence-electron chi connectivity index (χ2n) is 17.1. The lowest BCUT2D eigenvalue weighted by Gasteiger charge is -2.35. The number of nitrogens with one attached hydrogen (secondary N) is 1. The maximum Gasteiger partial charge on any atom is 0.0853 e. The van der Waals surface area contributed by atoms with Crippen molar-refractivity contribution in [1.82, 2.24) is 0 Å². The Hall–Kier alpha value is -8.40. The van der Waals surface area contributed by atoms with E-state index in [1.165, 1.54) is 59.4 Å². The summed E-state index contributed by atoms with van der Waals surface area (Å²) in [5.74, 6) is 0. The first-order valence-corrected chi connectivity index (χ1v) is 22.5. The summed E-state index contributed by atoms with van der Waals surface area (Å²) in [6.45, 7) is 0. The molecule has 65 heavy (non-hydrogen) atoms. The quantitative estimate of drug-likeness (QED) is 0.146. The number of para-hydroxylation sites is 1. The van der Waals surface area contributed by atoms with Crippen LogP contribution >= 0.6 is 0 Å². The van der Waals surface area contributed by atoms with Gasteiger partial charge < -0.3 is 15.1 Å². The zero-order valence-electron chi connectivity index (χ0n) is 35.9. The lowest BCUT2D eigenvalue weighted by atomic mass is 9.81. The van der Waals surface area contributed by atoms with Crippen molar-refractivity contribution in [2.45, 2.75) is 12.0 Å². The molecule has 0 aliphatic heterocycles. The maximum absolute atomic E-state index is 4.01. The van der Waals surface area contributed by atoms with Gasteiger partial charge in [-0.3, -0.25) is 0 Å². The molecule has 0 saturated carbocycles. The van der Waals surface area contributed by atoms with Crippen LogP contribution in [0.5, 0.6) is 0 Å². The molecule has 0 saturated heterocycles. The van der Waals surface area contributed by atoms with Crippen molar-refractivity contribution >= 4 is 93.7 Å². The third kappa shape index (κ3) is 6.95. The summed E-state index contributed by atoms with van der Waals surface area (Å²) in [7, 11) is 0. The van der Waals surface area contributed by atoms with Gasteiger partial charge in [-0.25, -0.2) is 0 Å². The molecule has 0 aromatic heterocycles. The van der Waals surface area contributed by atoms with Gasteiger partial charge in [-0.1, -0.05) is 158 Å². The van der Waals surface area contributed by atoms with Crippen molar-refractivity contribution in [3.05, 3.63) is 260 Å². The smallest absolute Gasteiger partial charge is 0.0853 e. The van der Waals surface area contributed by atoms with E-state index >= 15 is 0 Å². The third-order valence-electron chi connectivity index (χ3n) is 13.1. The van der Waals surface area contributed by atoms with Gasteiger partial charge in [-0.2, -0.15) is 0 Å². The van der Waals surface area contributed by atoms with Crippen molar-refractivity contribution in [1.29, 1.82) is 0 Å². The van der Waals surface area contributed by atoms with Crippen LogP contribution in [0.1, 0.15) is 12.0 Å². The van der Waals surface area contributed by atoms with Gasteiger partial charge in [0.15, 0.2) is 0 Å². The molecule has 1 unspecified atom stereocenters. The number of fused-ring (bicyclic) bond motifs is 5. The predicted octanol–water partition coefficient (Wildman–Crippen LogP) is 17.2. The molecule has 11 aromatic carbocycles. The summed E-state index contributed by atoms with van der Waals surface area (Å²) in [5, 5.41) is 16.3. The minimum atomic E-state index is -0.401. The van der Waals surface area contributed by atoms with Gasteiger partial charge in [0.2, 0.25) is 0 Å². The van der Waals surface area contributed by atoms with Crippen molar-refractivity contribution in [3.63, 3.8) is 0 Å². The molecule has 0 radical (unpaired) electrons. The first-order valence-electron chi connectivity index (χ1n) is 22.5. The summed E-state index contributed by atoms with van der Waals surface area (Å²) in [5.41, 5.74) is 8.51. The van der Waals surface area contributed by atoms with E-state index in [0.29, 0.717) is 0 Å². The molecule has 1 atom stereocenters. The molecule has 0 amide bonds. The van der Waals surface area contributed by atoms with Crippen LogP contribution in [-0.4, -0.2) is 0 Å². The topological polar surface area (TPSA) is 18.5 Å². The van der Waals surface area contributed by atoms with Crippen molar-refractivity contribution < 1.29 is 0 Å². The normalized spacial score (nSPS) is 14.6. The average molecular weight is 832 g/mol. The van der Waals surface area contributed by atoms with Crippen LogP contribution in [0.4, 0.5) is 39.8 Å². The standard InChI is InChI=1S/C62H45N3/c1-3-23-52(24-4-1)64(60-28-14-21-45-17-8-10-26-57(45)60)54-34-36-55(37-35-54)65(61-29-15-22-48-42-49-40-46-18-5-6-19-47(46)41-50(49)43-58(48)61)53-32-30-51(31-33-53)63-62(38-11-2-12-39-62)59-27-13-20-44-16-7-9-25-56(44)59/h1-38,40-43,63H,39H2. The van der Waals surface area contributed by atoms with E-state index in [9.17, 15) is 0 Å². The molecule has 12 rings (SSSR count). The van der Waals surface area contributed by atoms with E-state index in [4.69, 9.17) is 0 Å². The zero-order chi connectivity index (χ0) is 43.2. The highest BCUT2D eigenvalue weighted by atomic mass is 15.2. The molecule has 11 aromatic rings. The number of allylic oxidation sites excluding steroid dienone is 2. The number of nitrogens with zero attached hydrogens (tertiary/aromatic N) is 2. The zero-order valence-corrected chi connectivity index (χ0v) is 35.9. The maximum atomic E-state index is 4.01. The van der Waals surface area contributed by atoms with Crippen LogP contribution in [0.2, 0.25) is 0 Å². The molecule has 1 aliphatic carbocycles. The highest BCUT2D eigenvalue weighted by Crippen LogP contribution is 2.45. The fourth-order valence-electron chi connectivity index (χ4n) is 10.0. The Balaban J connectivity index is 0.990. The fourth-order valence-corrected chi connectivity index (χ4v) is 10.0. The Kier molecular flexibility index (Phi) is 9.46. The number of hydrogen-bond acceptors (Lipinski definition) is 3. The molecule has 0 spiro atoms. The molecule has 0 bridgehead atoms. The van der Waals surface area contributed by atoms with E-state index in [0.717, 1.165) is 46.2 Å². The summed E-state index contributed by atoms with van der Waals surface area (Å²) in [6, 6.07) is 83.9. The lowest BCUT2D eigenvalue weighted by molar-refractivity contribution is 0.623. The molecule has 0 fully saturated rings. The fraction of sp³-hybridized carbons (Fsp3) is 0.0323. The Morgan fingerprint density at radius 1 is 0.338 bits per heavy atom. The average Bonchev–Trinajstić information content (AvgIpc) is 3.37. The van der Waals surface area contributed by atoms with E-state index in [1.807, 2.05) is 0 Å². The van der Waals surface area contributed by atoms with Crippen LogP contribution in [0.15, 0.2) is 255 Å². The van der Waals surface area contributed by atoms with Gasteiger partial charge in [0.05, 0.1) is 16.9 Å². The first kappa shape index (κ1) is 38.3. The van der Waals surface area contributed by atoms with Crippen molar-refractivity contribution in [2.24, 2.45) is 0 Å². The van der Waals surface area contributed by atoms with Gasteiger partial charge in [0, 0.05) is 39.2 Å². The largest absolute Gasteiger partial charge is 0.372 e. The molecular formula is C62H45N3. The van der Waals surface area contributed by atoms with Gasteiger partial charge in [0.1, 0.15) is 0 Å². The number of benzene rings is 11. The monoisotopic (exact) mass is 831 g/mol. The van der Waals surface area contributed by atoms with Crippen LogP contribution in [-0.2, 0) is 5.54 Å². The van der Waals surface area contributed by atoms with Gasteiger partial charge >= 0.3 is 0 Å². The van der Waals surface area contributed by atoms with Gasteiger partial charge in [-0.15, -0.1) is 0 Å². The Morgan fingerprint density at radius 2 is 0.815 bits per heavy atom. The highest BCUT2D eigenvalue weighted by molar-refractivity contribution is 6.09. The van der Waals surface area contributed by atoms with Crippen LogP contribution < -0.4 is 15.1 Å². The Morgan fingerprint density at radius 3 is 1.46 bits per heavy atom. The SMILES string of the molecule is C1=CCC(Nc2ccc(N(c3ccc(N(c4ccccc4)c4cccc5ccccc45)cc3)c3cccc4cc5cc6ccccc6cc5cc34)cc2)(c2cccc3ccccc23)C=C1. The molecule has 1 aliphatic rings. The minimum Gasteiger partial charge on any atom is -0.372 e. The molecule has 3 heteroatoms. The van der Waals surface area contributed by atoms with E-state index in [1.54, 1.807) is 0 Å². The second kappa shape index (κ2) is 16.1. The highest BCUT2D eigenvalue weighted by Gasteiger charge is 2.31. The third-order valence-corrected chi connectivity index (χ3v) is 13.1. The Bertz CT molecular complexity index is 3600. The van der Waals surface area contributed by atoms with Crippen molar-refractivity contribution in [3.8, 4) is 0 Å². The number of hydrogen-bond donors (Lipinski definition) is 1. The first-order chi connectivity index (χ1) is 32.2. The van der Waals surface area contributed by atoms with E-state index in [-0.39, 0.29) is 0 Å². The van der Waals surface area contributed by atoms with Crippen molar-refractivity contribution in [2.75, 3.05) is 15.1 Å². The van der Waals surface area contributed by atoms with E-state index < -0.39 is 5.54 Å². The number of anilines is 7. The van der Waals surface area contributed by atoms with Gasteiger partial charge in [-0.05, 0) is 152 Å². The predicted molar refractivity (Wildman–Crippen MR) is 278 cm³/mol. The lowest BCUT2D eigenvalue weighted by Crippen LogP contribution is -2.34. The minimum absolute atomic E-state index is 0.401. The summed E-state index contributed by atoms with van der Waals surface area (Å²) in [6.07, 6.45) is 9.74. The molecular weight excluding hydrogens is 787 g/mol. The molecule has 308 valence electrons. The molecule has 1 N–H and O–H groups in total. The van der Waals surface area contributed by atoms with Crippen LogP contribution in [0.25, 0.3) is 53.9 Å². The second-order valence-corrected chi connectivity index (χ2v) is 17.1. The summed E-state index contributed by atoms with van der Waals surface area (Å²) in [4.78, 5) is 4.78. The van der Waals surface area contributed by atoms with Gasteiger partial charge in [0.25, 0.3) is 0 Å². The molecule has 3 nitrogen and oxygen atoms in total. The summed E-state index contributed by atoms with van der Waals surface area (Å²) < 4.78 is 0. The molecule has 0 heterocycles. The van der Waals surface area contributed by atoms with Crippen LogP contribution in [0.3, 0.4) is 0 Å². The summed E-state index contributed by atoms with van der Waals surface area (Å²) >= 11 is 0. The van der Waals surface area contributed by atoms with Crippen LogP contribution in [0, 0.1) is 0 Å². The Labute approximate surface area is 379 Å². The number of rotatable bonds is 9. The van der Waals surface area contributed by atoms with E-state index in [2.05, 4.69) is 270 Å².